The minimum absolute atomic E-state index is 0.821. The van der Waals surface area contributed by atoms with Gasteiger partial charge < -0.3 is 9.30 Å². The Morgan fingerprint density at radius 1 is 1.23 bits per heavy atom. The molecule has 1 aliphatic rings. The molecular weight excluding hydrogens is 342 g/mol. The first kappa shape index (κ1) is 17.3. The van der Waals surface area contributed by atoms with E-state index < -0.39 is 0 Å². The van der Waals surface area contributed by atoms with Crippen molar-refractivity contribution in [2.75, 3.05) is 13.2 Å². The van der Waals surface area contributed by atoms with E-state index in [2.05, 4.69) is 51.7 Å². The van der Waals surface area contributed by atoms with E-state index in [1.807, 2.05) is 30.1 Å². The van der Waals surface area contributed by atoms with Gasteiger partial charge in [0.15, 0.2) is 0 Å². The third-order valence-electron chi connectivity index (χ3n) is 4.79. The summed E-state index contributed by atoms with van der Waals surface area (Å²) >= 11 is 1.90. The standard InChI is InChI=1S/C21H25N3OS/c1-17-3-5-20(26-17)15-24(10-2-9-23-11-8-22-16-23)14-18-4-6-21-19(13-18)7-12-25-21/h3-6,8,11,13,16H,2,7,9-10,12,14-15H2,1H3. The number of aryl methyl sites for hydroxylation is 2. The first-order valence-corrected chi connectivity index (χ1v) is 10.1. The highest BCUT2D eigenvalue weighted by Crippen LogP contribution is 2.27. The quantitative estimate of drug-likeness (QED) is 0.595. The van der Waals surface area contributed by atoms with Crippen LogP contribution >= 0.6 is 11.3 Å². The van der Waals surface area contributed by atoms with Crippen molar-refractivity contribution in [1.82, 2.24) is 14.5 Å². The van der Waals surface area contributed by atoms with Crippen LogP contribution in [0.1, 0.15) is 27.3 Å². The number of nitrogens with zero attached hydrogens (tertiary/aromatic N) is 3. The molecule has 0 saturated heterocycles. The topological polar surface area (TPSA) is 30.3 Å². The van der Waals surface area contributed by atoms with Gasteiger partial charge >= 0.3 is 0 Å². The molecule has 2 aromatic heterocycles. The summed E-state index contributed by atoms with van der Waals surface area (Å²) in [7, 11) is 0. The van der Waals surface area contributed by atoms with Crippen LogP contribution < -0.4 is 4.74 Å². The molecule has 3 aromatic rings. The summed E-state index contributed by atoms with van der Waals surface area (Å²) < 4.78 is 7.80. The van der Waals surface area contributed by atoms with E-state index in [4.69, 9.17) is 4.74 Å². The molecule has 3 heterocycles. The summed E-state index contributed by atoms with van der Waals surface area (Å²) in [6.07, 6.45) is 7.93. The Morgan fingerprint density at radius 3 is 3.00 bits per heavy atom. The van der Waals surface area contributed by atoms with Crippen molar-refractivity contribution in [1.29, 1.82) is 0 Å². The van der Waals surface area contributed by atoms with Gasteiger partial charge in [-0.1, -0.05) is 12.1 Å². The minimum atomic E-state index is 0.821. The first-order valence-electron chi connectivity index (χ1n) is 9.24. The zero-order chi connectivity index (χ0) is 17.8. The maximum absolute atomic E-state index is 5.64. The zero-order valence-corrected chi connectivity index (χ0v) is 16.0. The summed E-state index contributed by atoms with van der Waals surface area (Å²) in [5.41, 5.74) is 2.73. The summed E-state index contributed by atoms with van der Waals surface area (Å²) in [4.78, 5) is 9.51. The van der Waals surface area contributed by atoms with Gasteiger partial charge in [0, 0.05) is 54.7 Å². The maximum atomic E-state index is 5.64. The van der Waals surface area contributed by atoms with Crippen molar-refractivity contribution in [2.24, 2.45) is 0 Å². The molecule has 26 heavy (non-hydrogen) atoms. The number of imidazole rings is 1. The maximum Gasteiger partial charge on any atom is 0.122 e. The first-order chi connectivity index (χ1) is 12.8. The fourth-order valence-electron chi connectivity index (χ4n) is 3.50. The Bertz CT molecular complexity index is 841. The van der Waals surface area contributed by atoms with E-state index in [0.29, 0.717) is 0 Å². The SMILES string of the molecule is Cc1ccc(CN(CCCn2ccnc2)Cc2ccc3c(c2)CCO3)s1. The molecule has 1 aromatic carbocycles. The molecule has 0 unspecified atom stereocenters. The van der Waals surface area contributed by atoms with E-state index in [-0.39, 0.29) is 0 Å². The largest absolute Gasteiger partial charge is 0.493 e. The molecule has 0 aliphatic carbocycles. The lowest BCUT2D eigenvalue weighted by molar-refractivity contribution is 0.250. The van der Waals surface area contributed by atoms with Crippen LogP contribution in [0.5, 0.6) is 5.75 Å². The molecule has 0 amide bonds. The molecule has 0 bridgehead atoms. The molecule has 4 rings (SSSR count). The summed E-state index contributed by atoms with van der Waals surface area (Å²) in [5, 5.41) is 0. The van der Waals surface area contributed by atoms with E-state index >= 15 is 0 Å². The lowest BCUT2D eigenvalue weighted by atomic mass is 10.1. The predicted molar refractivity (Wildman–Crippen MR) is 106 cm³/mol. The molecule has 0 atom stereocenters. The lowest BCUT2D eigenvalue weighted by Gasteiger charge is -2.22. The van der Waals surface area contributed by atoms with Gasteiger partial charge in [0.05, 0.1) is 12.9 Å². The Kier molecular flexibility index (Phi) is 5.37. The van der Waals surface area contributed by atoms with E-state index in [9.17, 15) is 0 Å². The minimum Gasteiger partial charge on any atom is -0.493 e. The monoisotopic (exact) mass is 367 g/mol. The fraction of sp³-hybridized carbons (Fsp3) is 0.381. The number of aromatic nitrogens is 2. The highest BCUT2D eigenvalue weighted by Gasteiger charge is 2.14. The number of hydrogen-bond acceptors (Lipinski definition) is 4. The molecule has 0 fully saturated rings. The van der Waals surface area contributed by atoms with E-state index in [1.54, 1.807) is 0 Å². The number of hydrogen-bond donors (Lipinski definition) is 0. The molecular formula is C21H25N3OS. The molecule has 0 spiro atoms. The van der Waals surface area contributed by atoms with Gasteiger partial charge in [-0.3, -0.25) is 4.90 Å². The second-order valence-electron chi connectivity index (χ2n) is 6.92. The van der Waals surface area contributed by atoms with Crippen LogP contribution in [0.25, 0.3) is 0 Å². The zero-order valence-electron chi connectivity index (χ0n) is 15.2. The van der Waals surface area contributed by atoms with Gasteiger partial charge in [-0.2, -0.15) is 0 Å². The van der Waals surface area contributed by atoms with Gasteiger partial charge in [0.2, 0.25) is 0 Å². The normalized spacial score (nSPS) is 13.2. The van der Waals surface area contributed by atoms with E-state index in [1.165, 1.54) is 20.9 Å². The van der Waals surface area contributed by atoms with E-state index in [0.717, 1.165) is 51.4 Å². The van der Waals surface area contributed by atoms with Gasteiger partial charge in [0.1, 0.15) is 5.75 Å². The van der Waals surface area contributed by atoms with Crippen LogP contribution in [0.15, 0.2) is 49.1 Å². The summed E-state index contributed by atoms with van der Waals surface area (Å²) in [5.74, 6) is 1.06. The number of ether oxygens (including phenoxy) is 1. The number of thiophene rings is 1. The Hall–Kier alpha value is -2.11. The van der Waals surface area contributed by atoms with Gasteiger partial charge in [-0.05, 0) is 42.7 Å². The Morgan fingerprint density at radius 2 is 2.19 bits per heavy atom. The van der Waals surface area contributed by atoms with Crippen LogP contribution in [0, 0.1) is 6.92 Å². The van der Waals surface area contributed by atoms with Crippen LogP contribution in [0.4, 0.5) is 0 Å². The average Bonchev–Trinajstić information content (AvgIpc) is 3.36. The third kappa shape index (κ3) is 4.34. The van der Waals surface area contributed by atoms with Crippen molar-refractivity contribution in [3.63, 3.8) is 0 Å². The Labute approximate surface area is 159 Å². The summed E-state index contributed by atoms with van der Waals surface area (Å²) in [6, 6.07) is 11.2. The number of rotatable bonds is 8. The molecule has 136 valence electrons. The fourth-order valence-corrected chi connectivity index (χ4v) is 4.43. The highest BCUT2D eigenvalue weighted by atomic mass is 32.1. The van der Waals surface area contributed by atoms with Crippen molar-refractivity contribution in [3.05, 3.63) is 69.9 Å². The Balaban J connectivity index is 1.42. The van der Waals surface area contributed by atoms with Crippen molar-refractivity contribution in [3.8, 4) is 5.75 Å². The van der Waals surface area contributed by atoms with Crippen LogP contribution in [0.3, 0.4) is 0 Å². The summed E-state index contributed by atoms with van der Waals surface area (Å²) in [6.45, 7) is 7.07. The van der Waals surface area contributed by atoms with Gasteiger partial charge in [0.25, 0.3) is 0 Å². The van der Waals surface area contributed by atoms with Crippen molar-refractivity contribution >= 4 is 11.3 Å². The van der Waals surface area contributed by atoms with Crippen molar-refractivity contribution in [2.45, 2.75) is 39.4 Å². The molecule has 0 saturated carbocycles. The van der Waals surface area contributed by atoms with Crippen LogP contribution in [0.2, 0.25) is 0 Å². The molecule has 5 heteroatoms. The molecule has 1 aliphatic heterocycles. The highest BCUT2D eigenvalue weighted by molar-refractivity contribution is 7.11. The smallest absolute Gasteiger partial charge is 0.122 e. The second kappa shape index (κ2) is 8.06. The number of benzene rings is 1. The second-order valence-corrected chi connectivity index (χ2v) is 8.29. The molecule has 0 N–H and O–H groups in total. The number of fused-ring (bicyclic) bond motifs is 1. The lowest BCUT2D eigenvalue weighted by Crippen LogP contribution is -2.24. The third-order valence-corrected chi connectivity index (χ3v) is 5.77. The van der Waals surface area contributed by atoms with Crippen LogP contribution in [-0.2, 0) is 26.1 Å². The van der Waals surface area contributed by atoms with Crippen molar-refractivity contribution < 1.29 is 4.74 Å². The van der Waals surface area contributed by atoms with Gasteiger partial charge in [-0.25, -0.2) is 4.98 Å². The van der Waals surface area contributed by atoms with Gasteiger partial charge in [-0.15, -0.1) is 11.3 Å². The predicted octanol–water partition coefficient (Wildman–Crippen LogP) is 4.28. The molecule has 0 radical (unpaired) electrons. The average molecular weight is 368 g/mol. The molecule has 4 nitrogen and oxygen atoms in total. The van der Waals surface area contributed by atoms with Crippen LogP contribution in [-0.4, -0.2) is 27.6 Å².